The summed E-state index contributed by atoms with van der Waals surface area (Å²) in [7, 11) is 0. The lowest BCUT2D eigenvalue weighted by molar-refractivity contribution is -0.143. The van der Waals surface area contributed by atoms with Gasteiger partial charge in [0.1, 0.15) is 12.4 Å². The van der Waals surface area contributed by atoms with E-state index >= 15 is 0 Å². The number of hydrogen-bond donors (Lipinski definition) is 1. The standard InChI is InChI=1S/C14H19N3O2/c1-4-19-13(18)8-17-12-6-5-10(15)7-11(12)16-14(17)9(2)3/h5-7,9H,4,8,15H2,1-3H3. The largest absolute Gasteiger partial charge is 0.465 e. The number of nitrogen functional groups attached to an aromatic ring is 1. The van der Waals surface area contributed by atoms with Crippen molar-refractivity contribution < 1.29 is 9.53 Å². The lowest BCUT2D eigenvalue weighted by Crippen LogP contribution is -2.16. The third-order valence-electron chi connectivity index (χ3n) is 2.91. The molecule has 5 heteroatoms. The van der Waals surface area contributed by atoms with Crippen LogP contribution in [0.3, 0.4) is 0 Å². The van der Waals surface area contributed by atoms with Crippen LogP contribution in [-0.2, 0) is 16.1 Å². The van der Waals surface area contributed by atoms with E-state index in [0.29, 0.717) is 12.3 Å². The van der Waals surface area contributed by atoms with Crippen LogP contribution in [0.1, 0.15) is 32.5 Å². The summed E-state index contributed by atoms with van der Waals surface area (Å²) in [5, 5.41) is 0. The average molecular weight is 261 g/mol. The van der Waals surface area contributed by atoms with Crippen molar-refractivity contribution in [2.24, 2.45) is 0 Å². The lowest BCUT2D eigenvalue weighted by Gasteiger charge is -2.10. The van der Waals surface area contributed by atoms with Crippen LogP contribution in [0.5, 0.6) is 0 Å². The molecule has 1 heterocycles. The first-order valence-corrected chi connectivity index (χ1v) is 6.44. The summed E-state index contributed by atoms with van der Waals surface area (Å²) in [6.07, 6.45) is 0. The van der Waals surface area contributed by atoms with E-state index in [4.69, 9.17) is 10.5 Å². The highest BCUT2D eigenvalue weighted by Gasteiger charge is 2.16. The minimum absolute atomic E-state index is 0.182. The van der Waals surface area contributed by atoms with Gasteiger partial charge in [0.25, 0.3) is 0 Å². The van der Waals surface area contributed by atoms with E-state index in [1.54, 1.807) is 6.92 Å². The maximum Gasteiger partial charge on any atom is 0.326 e. The highest BCUT2D eigenvalue weighted by atomic mass is 16.5. The van der Waals surface area contributed by atoms with E-state index in [2.05, 4.69) is 4.98 Å². The van der Waals surface area contributed by atoms with Gasteiger partial charge in [-0.05, 0) is 25.1 Å². The van der Waals surface area contributed by atoms with E-state index in [-0.39, 0.29) is 18.4 Å². The first-order valence-electron chi connectivity index (χ1n) is 6.44. The predicted octanol–water partition coefficient (Wildman–Crippen LogP) is 2.31. The molecule has 1 aromatic carbocycles. The Morgan fingerprint density at radius 3 is 2.84 bits per heavy atom. The third-order valence-corrected chi connectivity index (χ3v) is 2.91. The number of ether oxygens (including phenoxy) is 1. The summed E-state index contributed by atoms with van der Waals surface area (Å²) in [6, 6.07) is 5.53. The van der Waals surface area contributed by atoms with Gasteiger partial charge >= 0.3 is 5.97 Å². The summed E-state index contributed by atoms with van der Waals surface area (Å²) >= 11 is 0. The predicted molar refractivity (Wildman–Crippen MR) is 74.9 cm³/mol. The van der Waals surface area contributed by atoms with Crippen LogP contribution in [-0.4, -0.2) is 22.1 Å². The SMILES string of the molecule is CCOC(=O)Cn1c(C(C)C)nc2cc(N)ccc21. The Morgan fingerprint density at radius 1 is 1.47 bits per heavy atom. The Bertz CT molecular complexity index is 602. The van der Waals surface area contributed by atoms with Crippen LogP contribution >= 0.6 is 0 Å². The maximum absolute atomic E-state index is 11.7. The molecule has 5 nitrogen and oxygen atoms in total. The molecule has 0 saturated heterocycles. The molecule has 0 unspecified atom stereocenters. The van der Waals surface area contributed by atoms with Crippen LogP contribution in [0.2, 0.25) is 0 Å². The first kappa shape index (κ1) is 13.4. The number of nitrogens with two attached hydrogens (primary N) is 1. The monoisotopic (exact) mass is 261 g/mol. The van der Waals surface area contributed by atoms with Crippen molar-refractivity contribution in [2.75, 3.05) is 12.3 Å². The number of fused-ring (bicyclic) bond motifs is 1. The number of rotatable bonds is 4. The molecule has 19 heavy (non-hydrogen) atoms. The van der Waals surface area contributed by atoms with Crippen LogP contribution in [0.15, 0.2) is 18.2 Å². The van der Waals surface area contributed by atoms with Gasteiger partial charge in [0, 0.05) is 11.6 Å². The molecule has 2 aromatic rings. The number of carbonyl (C=O) groups is 1. The van der Waals surface area contributed by atoms with E-state index in [1.807, 2.05) is 36.6 Å². The zero-order chi connectivity index (χ0) is 14.0. The Hall–Kier alpha value is -2.04. The summed E-state index contributed by atoms with van der Waals surface area (Å²) in [5.74, 6) is 0.845. The number of benzene rings is 1. The van der Waals surface area contributed by atoms with Crippen molar-refractivity contribution in [1.29, 1.82) is 0 Å². The molecule has 0 saturated carbocycles. The van der Waals surface area contributed by atoms with Crippen LogP contribution in [0, 0.1) is 0 Å². The molecule has 0 aliphatic carbocycles. The van der Waals surface area contributed by atoms with Gasteiger partial charge in [0.05, 0.1) is 17.6 Å². The Labute approximate surface area is 112 Å². The quantitative estimate of drug-likeness (QED) is 0.677. The van der Waals surface area contributed by atoms with Crippen LogP contribution < -0.4 is 5.73 Å². The van der Waals surface area contributed by atoms with Crippen molar-refractivity contribution in [3.05, 3.63) is 24.0 Å². The van der Waals surface area contributed by atoms with Gasteiger partial charge in [0.2, 0.25) is 0 Å². The Morgan fingerprint density at radius 2 is 2.21 bits per heavy atom. The minimum Gasteiger partial charge on any atom is -0.465 e. The summed E-state index contributed by atoms with van der Waals surface area (Å²) in [6.45, 7) is 6.46. The van der Waals surface area contributed by atoms with Crippen molar-refractivity contribution in [3.8, 4) is 0 Å². The molecular formula is C14H19N3O2. The third kappa shape index (κ3) is 2.70. The Kier molecular flexibility index (Phi) is 3.74. The molecule has 2 N–H and O–H groups in total. The molecule has 0 amide bonds. The molecule has 1 aromatic heterocycles. The van der Waals surface area contributed by atoms with E-state index < -0.39 is 0 Å². The second-order valence-corrected chi connectivity index (χ2v) is 4.76. The first-order chi connectivity index (χ1) is 9.02. The van der Waals surface area contributed by atoms with Gasteiger partial charge in [-0.3, -0.25) is 4.79 Å². The van der Waals surface area contributed by atoms with Crippen LogP contribution in [0.25, 0.3) is 11.0 Å². The number of anilines is 1. The van der Waals surface area contributed by atoms with Gasteiger partial charge in [-0.1, -0.05) is 13.8 Å². The van der Waals surface area contributed by atoms with Gasteiger partial charge in [-0.2, -0.15) is 0 Å². The fourth-order valence-electron chi connectivity index (χ4n) is 2.11. The number of esters is 1. The van der Waals surface area contributed by atoms with E-state index in [0.717, 1.165) is 16.9 Å². The molecule has 0 aliphatic heterocycles. The number of aromatic nitrogens is 2. The minimum atomic E-state index is -0.250. The van der Waals surface area contributed by atoms with Crippen molar-refractivity contribution in [3.63, 3.8) is 0 Å². The van der Waals surface area contributed by atoms with Crippen molar-refractivity contribution in [1.82, 2.24) is 9.55 Å². The van der Waals surface area contributed by atoms with Crippen molar-refractivity contribution >= 4 is 22.7 Å². The van der Waals surface area contributed by atoms with Gasteiger partial charge in [0.15, 0.2) is 0 Å². The van der Waals surface area contributed by atoms with Crippen molar-refractivity contribution in [2.45, 2.75) is 33.2 Å². The topological polar surface area (TPSA) is 70.1 Å². The lowest BCUT2D eigenvalue weighted by atomic mass is 10.2. The number of imidazole rings is 1. The van der Waals surface area contributed by atoms with Crippen LogP contribution in [0.4, 0.5) is 5.69 Å². The zero-order valence-electron chi connectivity index (χ0n) is 11.5. The molecular weight excluding hydrogens is 242 g/mol. The molecule has 0 spiro atoms. The molecule has 0 aliphatic rings. The van der Waals surface area contributed by atoms with Gasteiger partial charge in [-0.25, -0.2) is 4.98 Å². The second kappa shape index (κ2) is 5.30. The number of carbonyl (C=O) groups excluding carboxylic acids is 1. The fourth-order valence-corrected chi connectivity index (χ4v) is 2.11. The maximum atomic E-state index is 11.7. The normalized spacial score (nSPS) is 11.2. The molecule has 0 bridgehead atoms. The summed E-state index contributed by atoms with van der Waals surface area (Å²) in [5.41, 5.74) is 8.16. The summed E-state index contributed by atoms with van der Waals surface area (Å²) in [4.78, 5) is 16.3. The molecule has 102 valence electrons. The zero-order valence-corrected chi connectivity index (χ0v) is 11.5. The fraction of sp³-hybridized carbons (Fsp3) is 0.429. The molecule has 2 rings (SSSR count). The molecule has 0 fully saturated rings. The highest BCUT2D eigenvalue weighted by molar-refractivity contribution is 5.81. The van der Waals surface area contributed by atoms with E-state index in [1.165, 1.54) is 0 Å². The van der Waals surface area contributed by atoms with Gasteiger partial charge in [-0.15, -0.1) is 0 Å². The van der Waals surface area contributed by atoms with Gasteiger partial charge < -0.3 is 15.0 Å². The summed E-state index contributed by atoms with van der Waals surface area (Å²) < 4.78 is 6.91. The average Bonchev–Trinajstić information content (AvgIpc) is 2.67. The Balaban J connectivity index is 2.49. The molecule has 0 radical (unpaired) electrons. The number of hydrogen-bond acceptors (Lipinski definition) is 4. The number of nitrogens with zero attached hydrogens (tertiary/aromatic N) is 2. The van der Waals surface area contributed by atoms with E-state index in [9.17, 15) is 4.79 Å². The highest BCUT2D eigenvalue weighted by Crippen LogP contribution is 2.23. The second-order valence-electron chi connectivity index (χ2n) is 4.76. The smallest absolute Gasteiger partial charge is 0.326 e. The molecule has 0 atom stereocenters.